The summed E-state index contributed by atoms with van der Waals surface area (Å²) in [7, 11) is 0. The number of aromatic nitrogens is 5. The fraction of sp³-hybridized carbons (Fsp3) is 0.524. The van der Waals surface area contributed by atoms with E-state index in [1.54, 1.807) is 6.20 Å². The number of hydrogen-bond donors (Lipinski definition) is 2. The highest BCUT2D eigenvalue weighted by molar-refractivity contribution is 5.78. The van der Waals surface area contributed by atoms with E-state index in [-0.39, 0.29) is 0 Å². The van der Waals surface area contributed by atoms with Crippen LogP contribution in [0.3, 0.4) is 0 Å². The molecule has 2 fully saturated rings. The summed E-state index contributed by atoms with van der Waals surface area (Å²) in [5, 5.41) is 6.82. The summed E-state index contributed by atoms with van der Waals surface area (Å²) in [5.74, 6) is 2.34. The molecule has 0 unspecified atom stereocenters. The minimum absolute atomic E-state index is 0.346. The Labute approximate surface area is 170 Å². The molecule has 0 bridgehead atoms. The topological polar surface area (TPSA) is 83.8 Å². The van der Waals surface area contributed by atoms with E-state index in [4.69, 9.17) is 4.98 Å². The van der Waals surface area contributed by atoms with Crippen LogP contribution in [0.1, 0.15) is 39.2 Å². The van der Waals surface area contributed by atoms with Crippen molar-refractivity contribution < 1.29 is 0 Å². The van der Waals surface area contributed by atoms with Crippen molar-refractivity contribution in [1.29, 1.82) is 0 Å². The van der Waals surface area contributed by atoms with Crippen LogP contribution >= 0.6 is 0 Å². The maximum Gasteiger partial charge on any atom is 0.227 e. The van der Waals surface area contributed by atoms with Gasteiger partial charge in [0.15, 0.2) is 0 Å². The van der Waals surface area contributed by atoms with Gasteiger partial charge in [0.25, 0.3) is 0 Å². The Morgan fingerprint density at radius 1 is 1.10 bits per heavy atom. The monoisotopic (exact) mass is 392 g/mol. The molecular weight excluding hydrogens is 364 g/mol. The maximum atomic E-state index is 4.78. The van der Waals surface area contributed by atoms with Gasteiger partial charge in [-0.15, -0.1) is 0 Å². The van der Waals surface area contributed by atoms with Gasteiger partial charge < -0.3 is 20.1 Å². The van der Waals surface area contributed by atoms with Gasteiger partial charge in [-0.2, -0.15) is 4.98 Å². The molecule has 0 aliphatic carbocycles. The summed E-state index contributed by atoms with van der Waals surface area (Å²) in [6.07, 6.45) is 9.22. The molecule has 0 saturated carbocycles. The fourth-order valence-corrected chi connectivity index (χ4v) is 4.58. The van der Waals surface area contributed by atoms with Crippen LogP contribution in [0.5, 0.6) is 0 Å². The van der Waals surface area contributed by atoms with Gasteiger partial charge in [-0.25, -0.2) is 15.0 Å². The first-order chi connectivity index (χ1) is 14.1. The second kappa shape index (κ2) is 7.26. The molecule has 152 valence electrons. The van der Waals surface area contributed by atoms with E-state index < -0.39 is 0 Å². The van der Waals surface area contributed by atoms with Crippen molar-refractivity contribution in [2.45, 2.75) is 39.2 Å². The number of fused-ring (bicyclic) bond motifs is 1. The normalized spacial score (nSPS) is 18.8. The van der Waals surface area contributed by atoms with Gasteiger partial charge in [0.2, 0.25) is 5.95 Å². The third-order valence-electron chi connectivity index (χ3n) is 6.30. The number of anilines is 3. The number of nitrogens with one attached hydrogen (secondary N) is 2. The lowest BCUT2D eigenvalue weighted by Gasteiger charge is -2.33. The van der Waals surface area contributed by atoms with Crippen molar-refractivity contribution in [3.05, 3.63) is 30.9 Å². The molecule has 0 aromatic carbocycles. The Bertz CT molecular complexity index is 1000. The molecule has 8 heteroatoms. The van der Waals surface area contributed by atoms with Gasteiger partial charge in [-0.05, 0) is 57.7 Å². The number of nitrogens with zero attached hydrogens (tertiary/aromatic N) is 6. The van der Waals surface area contributed by atoms with E-state index in [0.717, 1.165) is 54.8 Å². The van der Waals surface area contributed by atoms with Gasteiger partial charge in [0, 0.05) is 31.4 Å². The van der Waals surface area contributed by atoms with Crippen molar-refractivity contribution >= 4 is 28.6 Å². The van der Waals surface area contributed by atoms with E-state index >= 15 is 0 Å². The highest BCUT2D eigenvalue weighted by Gasteiger charge is 2.39. The molecule has 8 nitrogen and oxygen atoms in total. The second-order valence-electron chi connectivity index (χ2n) is 8.59. The molecule has 2 saturated heterocycles. The van der Waals surface area contributed by atoms with Gasteiger partial charge in [0.05, 0.1) is 18.0 Å². The Kier molecular flexibility index (Phi) is 4.58. The average molecular weight is 393 g/mol. The quantitative estimate of drug-likeness (QED) is 0.706. The van der Waals surface area contributed by atoms with Gasteiger partial charge in [0.1, 0.15) is 17.2 Å². The molecule has 0 amide bonds. The molecule has 0 radical (unpaired) electrons. The first-order valence-corrected chi connectivity index (χ1v) is 10.5. The van der Waals surface area contributed by atoms with Crippen molar-refractivity contribution in [3.63, 3.8) is 0 Å². The van der Waals surface area contributed by atoms with E-state index in [2.05, 4.69) is 48.9 Å². The third kappa shape index (κ3) is 3.53. The van der Waals surface area contributed by atoms with Crippen LogP contribution in [0.25, 0.3) is 11.0 Å². The smallest absolute Gasteiger partial charge is 0.227 e. The van der Waals surface area contributed by atoms with Crippen LogP contribution in [0.2, 0.25) is 0 Å². The highest BCUT2D eigenvalue weighted by Crippen LogP contribution is 2.39. The summed E-state index contributed by atoms with van der Waals surface area (Å²) >= 11 is 0. The summed E-state index contributed by atoms with van der Waals surface area (Å²) in [6, 6.07) is 4.27. The maximum absolute atomic E-state index is 4.78. The van der Waals surface area contributed by atoms with E-state index in [1.807, 2.05) is 24.7 Å². The van der Waals surface area contributed by atoms with Crippen LogP contribution in [0, 0.1) is 5.41 Å². The minimum Gasteiger partial charge on any atom is -0.340 e. The lowest BCUT2D eigenvalue weighted by molar-refractivity contribution is 0.232. The number of hydrogen-bond acceptors (Lipinski definition) is 7. The van der Waals surface area contributed by atoms with Gasteiger partial charge >= 0.3 is 0 Å². The zero-order valence-corrected chi connectivity index (χ0v) is 17.1. The van der Waals surface area contributed by atoms with Crippen LogP contribution in [0.4, 0.5) is 17.6 Å². The Balaban J connectivity index is 1.35. The zero-order chi connectivity index (χ0) is 19.8. The predicted molar refractivity (Wildman–Crippen MR) is 115 cm³/mol. The standard InChI is InChI=1S/C21H28N8/c1-15(2)29-14-25-16-12-24-19(11-17(16)29)26-18-3-7-23-20(27-18)28-10-6-21(13-28)4-8-22-9-5-21/h3,7,11-12,14-15,22H,4-6,8-10,13H2,1-2H3,(H,23,24,26,27). The third-order valence-corrected chi connectivity index (χ3v) is 6.30. The van der Waals surface area contributed by atoms with Crippen LogP contribution in [-0.2, 0) is 0 Å². The number of imidazole rings is 1. The van der Waals surface area contributed by atoms with Crippen LogP contribution < -0.4 is 15.5 Å². The van der Waals surface area contributed by atoms with Crippen LogP contribution in [-0.4, -0.2) is 50.7 Å². The molecule has 29 heavy (non-hydrogen) atoms. The van der Waals surface area contributed by atoms with E-state index in [1.165, 1.54) is 19.3 Å². The second-order valence-corrected chi connectivity index (χ2v) is 8.59. The first kappa shape index (κ1) is 18.3. The largest absolute Gasteiger partial charge is 0.340 e. The summed E-state index contributed by atoms with van der Waals surface area (Å²) in [5.41, 5.74) is 2.40. The highest BCUT2D eigenvalue weighted by atomic mass is 15.3. The average Bonchev–Trinajstić information content (AvgIpc) is 3.33. The SMILES string of the molecule is CC(C)n1cnc2cnc(Nc3ccnc(N4CCC5(CCNCC5)C4)n3)cc21. The predicted octanol–water partition coefficient (Wildman–Crippen LogP) is 3.13. The van der Waals surface area contributed by atoms with Crippen LogP contribution in [0.15, 0.2) is 30.9 Å². The van der Waals surface area contributed by atoms with Crippen molar-refractivity contribution in [3.8, 4) is 0 Å². The lowest BCUT2D eigenvalue weighted by Crippen LogP contribution is -2.38. The molecule has 3 aromatic heterocycles. The van der Waals surface area contributed by atoms with Crippen molar-refractivity contribution in [1.82, 2.24) is 29.8 Å². The lowest BCUT2D eigenvalue weighted by atomic mass is 9.78. The fourth-order valence-electron chi connectivity index (χ4n) is 4.58. The molecule has 2 aliphatic rings. The Hall–Kier alpha value is -2.74. The van der Waals surface area contributed by atoms with Crippen molar-refractivity contribution in [2.75, 3.05) is 36.4 Å². The Morgan fingerprint density at radius 3 is 2.79 bits per heavy atom. The van der Waals surface area contributed by atoms with E-state index in [9.17, 15) is 0 Å². The van der Waals surface area contributed by atoms with Gasteiger partial charge in [-0.1, -0.05) is 0 Å². The summed E-state index contributed by atoms with van der Waals surface area (Å²) in [6.45, 7) is 8.62. The molecule has 2 N–H and O–H groups in total. The first-order valence-electron chi connectivity index (χ1n) is 10.5. The molecule has 2 aliphatic heterocycles. The van der Waals surface area contributed by atoms with Gasteiger partial charge in [-0.3, -0.25) is 0 Å². The number of piperidine rings is 1. The molecular formula is C21H28N8. The number of rotatable bonds is 4. The molecule has 5 heterocycles. The summed E-state index contributed by atoms with van der Waals surface area (Å²) in [4.78, 5) is 20.6. The molecule has 3 aromatic rings. The number of pyridine rings is 1. The minimum atomic E-state index is 0.346. The van der Waals surface area contributed by atoms with E-state index in [0.29, 0.717) is 11.5 Å². The molecule has 0 atom stereocenters. The molecule has 1 spiro atoms. The Morgan fingerprint density at radius 2 is 1.97 bits per heavy atom. The van der Waals surface area contributed by atoms with Crippen molar-refractivity contribution in [2.24, 2.45) is 5.41 Å². The summed E-state index contributed by atoms with van der Waals surface area (Å²) < 4.78 is 2.15. The zero-order valence-electron chi connectivity index (χ0n) is 17.1. The molecule has 5 rings (SSSR count).